The Morgan fingerprint density at radius 3 is 2.32 bits per heavy atom. The highest BCUT2D eigenvalue weighted by Crippen LogP contribution is 2.29. The van der Waals surface area contributed by atoms with Gasteiger partial charge in [-0.3, -0.25) is 33.4 Å². The number of carbonyl (C=O) groups excluding carboxylic acids is 1. The summed E-state index contributed by atoms with van der Waals surface area (Å²) in [6, 6.07) is 8.24. The molecule has 3 heterocycles. The minimum absolute atomic E-state index is 0.0357. The predicted molar refractivity (Wildman–Crippen MR) is 139 cm³/mol. The molecule has 0 N–H and O–H groups in total. The van der Waals surface area contributed by atoms with Crippen LogP contribution in [-0.4, -0.2) is 47.5 Å². The van der Waals surface area contributed by atoms with Crippen LogP contribution in [0.25, 0.3) is 21.9 Å². The average molecular weight is 505 g/mol. The van der Waals surface area contributed by atoms with E-state index in [0.717, 1.165) is 5.56 Å². The van der Waals surface area contributed by atoms with Crippen LogP contribution in [-0.2, 0) is 13.1 Å². The van der Waals surface area contributed by atoms with Crippen LogP contribution >= 0.6 is 0 Å². The molecule has 1 amide bonds. The Morgan fingerprint density at radius 1 is 1.05 bits per heavy atom. The van der Waals surface area contributed by atoms with Crippen LogP contribution in [0.2, 0.25) is 0 Å². The molecule has 0 aliphatic carbocycles. The number of hydrogen-bond donors (Lipinski definition) is 0. The van der Waals surface area contributed by atoms with Crippen molar-refractivity contribution < 1.29 is 9.72 Å². The van der Waals surface area contributed by atoms with Crippen LogP contribution in [0.15, 0.2) is 46.2 Å². The first-order valence-electron chi connectivity index (χ1n) is 12.4. The zero-order chi connectivity index (χ0) is 26.4. The largest absolute Gasteiger partial charge is 0.338 e. The number of imidazole rings is 1. The fourth-order valence-electron chi connectivity index (χ4n) is 5.31. The zero-order valence-electron chi connectivity index (χ0n) is 21.0. The number of piperidine rings is 1. The average Bonchev–Trinajstić information content (AvgIpc) is 3.17. The SMILES string of the molecule is CCn1c(=O)n(CC)c2cc([N+](=O)[O-])c(C(=O)N3CCC(n4cnc5ccc(C)cc5c4=O)CC3)cc21. The first-order valence-corrected chi connectivity index (χ1v) is 12.4. The summed E-state index contributed by atoms with van der Waals surface area (Å²) < 4.78 is 4.63. The molecule has 0 bridgehead atoms. The Hall–Kier alpha value is -4.28. The molecule has 0 radical (unpaired) electrons. The van der Waals surface area contributed by atoms with Gasteiger partial charge in [-0.05, 0) is 51.8 Å². The molecule has 37 heavy (non-hydrogen) atoms. The van der Waals surface area contributed by atoms with Crippen molar-refractivity contribution in [3.8, 4) is 0 Å². The van der Waals surface area contributed by atoms with E-state index >= 15 is 0 Å². The van der Waals surface area contributed by atoms with E-state index in [-0.39, 0.29) is 28.5 Å². The number of amides is 1. The van der Waals surface area contributed by atoms with E-state index in [0.29, 0.717) is 61.0 Å². The smallest absolute Gasteiger partial charge is 0.329 e. The van der Waals surface area contributed by atoms with Gasteiger partial charge in [-0.2, -0.15) is 0 Å². The lowest BCUT2D eigenvalue weighted by atomic mass is 10.0. The van der Waals surface area contributed by atoms with E-state index in [1.54, 1.807) is 22.7 Å². The van der Waals surface area contributed by atoms with Crippen LogP contribution in [0.5, 0.6) is 0 Å². The maximum absolute atomic E-state index is 13.5. The van der Waals surface area contributed by atoms with Crippen LogP contribution in [0.1, 0.15) is 48.7 Å². The first-order chi connectivity index (χ1) is 17.7. The maximum Gasteiger partial charge on any atom is 0.329 e. The molecule has 4 aromatic rings. The molecule has 1 aliphatic rings. The van der Waals surface area contributed by atoms with E-state index in [9.17, 15) is 24.5 Å². The molecule has 1 aliphatic heterocycles. The van der Waals surface area contributed by atoms with Gasteiger partial charge in [0.15, 0.2) is 0 Å². The van der Waals surface area contributed by atoms with Gasteiger partial charge in [-0.25, -0.2) is 9.78 Å². The van der Waals surface area contributed by atoms with E-state index in [1.165, 1.54) is 21.3 Å². The van der Waals surface area contributed by atoms with Crippen molar-refractivity contribution in [2.75, 3.05) is 13.1 Å². The van der Waals surface area contributed by atoms with Gasteiger partial charge in [-0.15, -0.1) is 0 Å². The Bertz CT molecular complexity index is 1670. The summed E-state index contributed by atoms with van der Waals surface area (Å²) in [7, 11) is 0. The highest BCUT2D eigenvalue weighted by Gasteiger charge is 2.31. The number of likely N-dealkylation sites (tertiary alicyclic amines) is 1. The highest BCUT2D eigenvalue weighted by atomic mass is 16.6. The molecule has 5 rings (SSSR count). The Morgan fingerprint density at radius 2 is 1.70 bits per heavy atom. The Kier molecular flexibility index (Phi) is 6.14. The molecule has 11 nitrogen and oxygen atoms in total. The van der Waals surface area contributed by atoms with Crippen LogP contribution in [0.3, 0.4) is 0 Å². The van der Waals surface area contributed by atoms with Crippen molar-refractivity contribution in [3.05, 3.63) is 78.7 Å². The van der Waals surface area contributed by atoms with Gasteiger partial charge in [0, 0.05) is 38.3 Å². The first kappa shape index (κ1) is 24.4. The van der Waals surface area contributed by atoms with Crippen LogP contribution < -0.4 is 11.2 Å². The molecule has 0 saturated carbocycles. The van der Waals surface area contributed by atoms with Crippen molar-refractivity contribution >= 4 is 33.5 Å². The van der Waals surface area contributed by atoms with E-state index in [2.05, 4.69) is 4.98 Å². The predicted octanol–water partition coefficient (Wildman–Crippen LogP) is 3.25. The van der Waals surface area contributed by atoms with E-state index < -0.39 is 10.8 Å². The fraction of sp³-hybridized carbons (Fsp3) is 0.385. The van der Waals surface area contributed by atoms with Gasteiger partial charge in [-0.1, -0.05) is 11.6 Å². The lowest BCUT2D eigenvalue weighted by Gasteiger charge is -2.32. The van der Waals surface area contributed by atoms with Gasteiger partial charge in [0.1, 0.15) is 5.56 Å². The lowest BCUT2D eigenvalue weighted by Crippen LogP contribution is -2.41. The molecular weight excluding hydrogens is 476 g/mol. The number of nitro benzene ring substituents is 1. The molecule has 0 atom stereocenters. The quantitative estimate of drug-likeness (QED) is 0.303. The van der Waals surface area contributed by atoms with Gasteiger partial charge in [0.2, 0.25) is 0 Å². The summed E-state index contributed by atoms with van der Waals surface area (Å²) in [6.45, 7) is 6.97. The van der Waals surface area contributed by atoms with E-state index in [1.807, 2.05) is 32.0 Å². The van der Waals surface area contributed by atoms with Gasteiger partial charge < -0.3 is 4.90 Å². The second kappa shape index (κ2) is 9.30. The molecule has 0 spiro atoms. The number of aryl methyl sites for hydroxylation is 3. The molecule has 2 aromatic carbocycles. The molecule has 192 valence electrons. The van der Waals surface area contributed by atoms with Crippen molar-refractivity contribution in [3.63, 3.8) is 0 Å². The second-order valence-electron chi connectivity index (χ2n) is 9.39. The topological polar surface area (TPSA) is 125 Å². The molecular formula is C26H28N6O5. The Labute approximate surface area is 211 Å². The summed E-state index contributed by atoms with van der Waals surface area (Å²) >= 11 is 0. The third-order valence-electron chi connectivity index (χ3n) is 7.28. The lowest BCUT2D eigenvalue weighted by molar-refractivity contribution is -0.385. The summed E-state index contributed by atoms with van der Waals surface area (Å²) in [5.41, 5.74) is 1.83. The third-order valence-corrected chi connectivity index (χ3v) is 7.28. The van der Waals surface area contributed by atoms with Crippen LogP contribution in [0, 0.1) is 17.0 Å². The summed E-state index contributed by atoms with van der Waals surface area (Å²) in [6.07, 6.45) is 2.60. The molecule has 2 aromatic heterocycles. The highest BCUT2D eigenvalue weighted by molar-refractivity contribution is 6.02. The van der Waals surface area contributed by atoms with E-state index in [4.69, 9.17) is 0 Å². The third kappa shape index (κ3) is 4.00. The number of fused-ring (bicyclic) bond motifs is 2. The monoisotopic (exact) mass is 504 g/mol. The number of nitrogens with zero attached hydrogens (tertiary/aromatic N) is 6. The number of hydrogen-bond acceptors (Lipinski definition) is 6. The van der Waals surface area contributed by atoms with Gasteiger partial charge in [0.05, 0.1) is 33.2 Å². The molecule has 0 unspecified atom stereocenters. The Balaban J connectivity index is 1.45. The van der Waals surface area contributed by atoms with Gasteiger partial charge >= 0.3 is 5.69 Å². The van der Waals surface area contributed by atoms with Crippen LogP contribution in [0.4, 0.5) is 5.69 Å². The van der Waals surface area contributed by atoms with Crippen molar-refractivity contribution in [2.24, 2.45) is 0 Å². The van der Waals surface area contributed by atoms with Gasteiger partial charge in [0.25, 0.3) is 17.2 Å². The standard InChI is InChI=1S/C26H28N6O5/c1-4-29-22-13-19(21(32(36)37)14-23(22)30(5-2)26(29)35)24(33)28-10-8-17(9-11-28)31-15-27-20-7-6-16(3)12-18(20)25(31)34/h6-7,12-15,17H,4-5,8-11H2,1-3H3. The van der Waals surface area contributed by atoms with Crippen molar-refractivity contribution in [1.29, 1.82) is 0 Å². The number of rotatable bonds is 5. The maximum atomic E-state index is 13.5. The normalized spacial score (nSPS) is 14.5. The summed E-state index contributed by atoms with van der Waals surface area (Å²) in [4.78, 5) is 56.7. The number of carbonyl (C=O) groups is 1. The molecule has 1 saturated heterocycles. The molecule has 11 heteroatoms. The zero-order valence-corrected chi connectivity index (χ0v) is 21.0. The summed E-state index contributed by atoms with van der Waals surface area (Å²) in [5, 5.41) is 12.5. The number of aromatic nitrogens is 4. The number of nitro groups is 1. The minimum Gasteiger partial charge on any atom is -0.338 e. The fourth-order valence-corrected chi connectivity index (χ4v) is 5.31. The molecule has 1 fully saturated rings. The summed E-state index contributed by atoms with van der Waals surface area (Å²) in [5.74, 6) is -0.453. The van der Waals surface area contributed by atoms with Crippen molar-refractivity contribution in [2.45, 2.75) is 52.7 Å². The minimum atomic E-state index is -0.574. The van der Waals surface area contributed by atoms with Crippen molar-refractivity contribution in [1.82, 2.24) is 23.6 Å². The number of benzene rings is 2. The second-order valence-corrected chi connectivity index (χ2v) is 9.39.